The lowest BCUT2D eigenvalue weighted by molar-refractivity contribution is 0.100. The minimum atomic E-state index is -0.546. The Balaban J connectivity index is 2.09. The maximum Gasteiger partial charge on any atom is 0.250 e. The molecular formula is C13H11BrClN3O. The number of nitrogens with one attached hydrogen (secondary N) is 1. The summed E-state index contributed by atoms with van der Waals surface area (Å²) >= 11 is 9.21. The zero-order chi connectivity index (χ0) is 13.8. The standard InChI is InChI=1S/C13H11BrClN3O/c14-8-1-2-10(17-6-8)7-18-9-3-4-12(15)11(5-9)13(16)19/h1-6,18H,7H2,(H2,16,19). The molecule has 0 unspecified atom stereocenters. The molecule has 1 aromatic carbocycles. The maximum absolute atomic E-state index is 11.2. The second kappa shape index (κ2) is 6.04. The van der Waals surface area contributed by atoms with Gasteiger partial charge in [0.05, 0.1) is 22.8 Å². The molecule has 0 bridgehead atoms. The molecule has 2 aromatic rings. The molecule has 0 fully saturated rings. The lowest BCUT2D eigenvalue weighted by Gasteiger charge is -2.08. The molecule has 0 radical (unpaired) electrons. The minimum Gasteiger partial charge on any atom is -0.379 e. The van der Waals surface area contributed by atoms with Gasteiger partial charge in [0.15, 0.2) is 0 Å². The Bertz CT molecular complexity index is 601. The van der Waals surface area contributed by atoms with Crippen LogP contribution in [-0.4, -0.2) is 10.9 Å². The number of amides is 1. The molecule has 0 aliphatic heterocycles. The summed E-state index contributed by atoms with van der Waals surface area (Å²) in [4.78, 5) is 15.4. The smallest absolute Gasteiger partial charge is 0.250 e. The molecule has 1 heterocycles. The van der Waals surface area contributed by atoms with Gasteiger partial charge >= 0.3 is 0 Å². The van der Waals surface area contributed by atoms with Gasteiger partial charge in [0.1, 0.15) is 0 Å². The number of nitrogens with two attached hydrogens (primary N) is 1. The van der Waals surface area contributed by atoms with Crippen LogP contribution in [0.4, 0.5) is 5.69 Å². The Morgan fingerprint density at radius 3 is 2.79 bits per heavy atom. The summed E-state index contributed by atoms with van der Waals surface area (Å²) in [6.07, 6.45) is 1.73. The van der Waals surface area contributed by atoms with Crippen molar-refractivity contribution in [2.45, 2.75) is 6.54 Å². The van der Waals surface area contributed by atoms with Gasteiger partial charge in [-0.3, -0.25) is 9.78 Å². The maximum atomic E-state index is 11.2. The van der Waals surface area contributed by atoms with Gasteiger partial charge in [-0.25, -0.2) is 0 Å². The topological polar surface area (TPSA) is 68.0 Å². The monoisotopic (exact) mass is 339 g/mol. The average Bonchev–Trinajstić information content (AvgIpc) is 2.39. The van der Waals surface area contributed by atoms with Crippen molar-refractivity contribution in [1.82, 2.24) is 4.98 Å². The van der Waals surface area contributed by atoms with Crippen molar-refractivity contribution in [3.05, 3.63) is 57.3 Å². The first-order valence-corrected chi connectivity index (χ1v) is 6.67. The predicted molar refractivity (Wildman–Crippen MR) is 79.2 cm³/mol. The number of hydrogen-bond donors (Lipinski definition) is 2. The van der Waals surface area contributed by atoms with Crippen LogP contribution in [-0.2, 0) is 6.54 Å². The fraction of sp³-hybridized carbons (Fsp3) is 0.0769. The van der Waals surface area contributed by atoms with Crippen LogP contribution < -0.4 is 11.1 Å². The number of anilines is 1. The highest BCUT2D eigenvalue weighted by Crippen LogP contribution is 2.20. The van der Waals surface area contributed by atoms with Crippen LogP contribution in [0.25, 0.3) is 0 Å². The fourth-order valence-electron chi connectivity index (χ4n) is 1.53. The van der Waals surface area contributed by atoms with Crippen LogP contribution in [0.15, 0.2) is 41.0 Å². The molecule has 0 atom stereocenters. The Morgan fingerprint density at radius 1 is 1.37 bits per heavy atom. The highest BCUT2D eigenvalue weighted by atomic mass is 79.9. The molecule has 0 spiro atoms. The number of nitrogens with zero attached hydrogens (tertiary/aromatic N) is 1. The van der Waals surface area contributed by atoms with Crippen molar-refractivity contribution in [3.63, 3.8) is 0 Å². The van der Waals surface area contributed by atoms with Crippen LogP contribution in [0.1, 0.15) is 16.1 Å². The van der Waals surface area contributed by atoms with E-state index in [1.165, 1.54) is 0 Å². The SMILES string of the molecule is NC(=O)c1cc(NCc2ccc(Br)cn2)ccc1Cl. The molecule has 98 valence electrons. The van der Waals surface area contributed by atoms with Gasteiger partial charge in [-0.2, -0.15) is 0 Å². The van der Waals surface area contributed by atoms with Crippen LogP contribution >= 0.6 is 27.5 Å². The van der Waals surface area contributed by atoms with Gasteiger partial charge in [-0.1, -0.05) is 11.6 Å². The zero-order valence-corrected chi connectivity index (χ0v) is 12.2. The van der Waals surface area contributed by atoms with Crippen LogP contribution in [0.3, 0.4) is 0 Å². The molecule has 1 aromatic heterocycles. The summed E-state index contributed by atoms with van der Waals surface area (Å²) in [5, 5.41) is 3.51. The number of hydrogen-bond acceptors (Lipinski definition) is 3. The summed E-state index contributed by atoms with van der Waals surface area (Å²) in [6, 6.07) is 8.87. The van der Waals surface area contributed by atoms with E-state index < -0.39 is 5.91 Å². The quantitative estimate of drug-likeness (QED) is 0.898. The van der Waals surface area contributed by atoms with Gasteiger partial charge in [-0.05, 0) is 46.3 Å². The predicted octanol–water partition coefficient (Wildman–Crippen LogP) is 3.21. The minimum absolute atomic E-state index is 0.301. The summed E-state index contributed by atoms with van der Waals surface area (Å²) in [5.41, 5.74) is 7.19. The average molecular weight is 341 g/mol. The third-order valence-corrected chi connectivity index (χ3v) is 3.29. The van der Waals surface area contributed by atoms with E-state index >= 15 is 0 Å². The number of carbonyl (C=O) groups excluding carboxylic acids is 1. The number of primary amides is 1. The molecule has 19 heavy (non-hydrogen) atoms. The second-order valence-corrected chi connectivity index (χ2v) is 5.20. The largest absolute Gasteiger partial charge is 0.379 e. The first-order valence-electron chi connectivity index (χ1n) is 5.50. The van der Waals surface area contributed by atoms with Crippen molar-refractivity contribution in [2.75, 3.05) is 5.32 Å². The van der Waals surface area contributed by atoms with E-state index in [9.17, 15) is 4.79 Å². The van der Waals surface area contributed by atoms with Crippen molar-refractivity contribution in [2.24, 2.45) is 5.73 Å². The molecule has 3 N–H and O–H groups in total. The molecule has 6 heteroatoms. The molecule has 0 aliphatic rings. The van der Waals surface area contributed by atoms with E-state index in [1.54, 1.807) is 24.4 Å². The second-order valence-electron chi connectivity index (χ2n) is 3.88. The van der Waals surface area contributed by atoms with Crippen LogP contribution in [0, 0.1) is 0 Å². The highest BCUT2D eigenvalue weighted by Gasteiger charge is 2.07. The lowest BCUT2D eigenvalue weighted by atomic mass is 10.2. The number of rotatable bonds is 4. The summed E-state index contributed by atoms with van der Waals surface area (Å²) in [6.45, 7) is 0.549. The van der Waals surface area contributed by atoms with Crippen molar-refractivity contribution in [3.8, 4) is 0 Å². The third kappa shape index (κ3) is 3.68. The van der Waals surface area contributed by atoms with Crippen LogP contribution in [0.5, 0.6) is 0 Å². The third-order valence-electron chi connectivity index (χ3n) is 2.49. The van der Waals surface area contributed by atoms with Gasteiger partial charge in [0.25, 0.3) is 0 Å². The van der Waals surface area contributed by atoms with E-state index in [-0.39, 0.29) is 0 Å². The van der Waals surface area contributed by atoms with Crippen molar-refractivity contribution >= 4 is 39.1 Å². The van der Waals surface area contributed by atoms with E-state index in [2.05, 4.69) is 26.2 Å². The molecular weight excluding hydrogens is 330 g/mol. The normalized spacial score (nSPS) is 10.2. The van der Waals surface area contributed by atoms with Gasteiger partial charge < -0.3 is 11.1 Å². The summed E-state index contributed by atoms with van der Waals surface area (Å²) in [7, 11) is 0. The van der Waals surface area contributed by atoms with E-state index in [4.69, 9.17) is 17.3 Å². The first-order chi connectivity index (χ1) is 9.06. The number of pyridine rings is 1. The molecule has 0 saturated heterocycles. The Labute approximate surface area is 124 Å². The molecule has 0 saturated carbocycles. The Morgan fingerprint density at radius 2 is 2.16 bits per heavy atom. The first kappa shape index (κ1) is 13.8. The van der Waals surface area contributed by atoms with Gasteiger partial charge in [0.2, 0.25) is 5.91 Å². The van der Waals surface area contributed by atoms with Gasteiger partial charge in [0, 0.05) is 16.4 Å². The number of benzene rings is 1. The van der Waals surface area contributed by atoms with E-state index in [0.717, 1.165) is 15.9 Å². The zero-order valence-electron chi connectivity index (χ0n) is 9.86. The molecule has 0 aliphatic carbocycles. The summed E-state index contributed by atoms with van der Waals surface area (Å²) in [5.74, 6) is -0.546. The number of halogens is 2. The van der Waals surface area contributed by atoms with Gasteiger partial charge in [-0.15, -0.1) is 0 Å². The van der Waals surface area contributed by atoms with Crippen molar-refractivity contribution in [1.29, 1.82) is 0 Å². The van der Waals surface area contributed by atoms with E-state index in [0.29, 0.717) is 17.1 Å². The molecule has 2 rings (SSSR count). The summed E-state index contributed by atoms with van der Waals surface area (Å²) < 4.78 is 0.929. The fourth-order valence-corrected chi connectivity index (χ4v) is 1.97. The van der Waals surface area contributed by atoms with Crippen molar-refractivity contribution < 1.29 is 4.79 Å². The number of aromatic nitrogens is 1. The molecule has 4 nitrogen and oxygen atoms in total. The number of carbonyl (C=O) groups is 1. The Hall–Kier alpha value is -1.59. The van der Waals surface area contributed by atoms with E-state index in [1.807, 2.05) is 12.1 Å². The lowest BCUT2D eigenvalue weighted by Crippen LogP contribution is -2.12. The highest BCUT2D eigenvalue weighted by molar-refractivity contribution is 9.10. The van der Waals surface area contributed by atoms with Crippen LogP contribution in [0.2, 0.25) is 5.02 Å². The molecule has 1 amide bonds. The Kier molecular flexibility index (Phi) is 4.39.